The highest BCUT2D eigenvalue weighted by Crippen LogP contribution is 2.36. The molecule has 2 N–H and O–H groups in total. The van der Waals surface area contributed by atoms with Crippen LogP contribution in [0.1, 0.15) is 33.1 Å². The van der Waals surface area contributed by atoms with Gasteiger partial charge >= 0.3 is 0 Å². The number of aliphatic hydroxyl groups is 1. The van der Waals surface area contributed by atoms with E-state index in [0.29, 0.717) is 18.0 Å². The number of halogens is 1. The van der Waals surface area contributed by atoms with Crippen molar-refractivity contribution in [3.63, 3.8) is 0 Å². The van der Waals surface area contributed by atoms with Crippen LogP contribution >= 0.6 is 0 Å². The summed E-state index contributed by atoms with van der Waals surface area (Å²) in [5.41, 5.74) is 0.415. The number of aliphatic hydroxyl groups excluding tert-OH is 1. The fourth-order valence-electron chi connectivity index (χ4n) is 1.97. The van der Waals surface area contributed by atoms with Gasteiger partial charge in [-0.2, -0.15) is 0 Å². The van der Waals surface area contributed by atoms with Gasteiger partial charge in [0.15, 0.2) is 0 Å². The number of hydrogen-bond acceptors (Lipinski definition) is 2. The summed E-state index contributed by atoms with van der Waals surface area (Å²) in [5, 5.41) is 12.2. The quantitative estimate of drug-likeness (QED) is 0.702. The molecule has 0 aromatic rings. The van der Waals surface area contributed by atoms with Crippen molar-refractivity contribution in [3.8, 4) is 0 Å². The van der Waals surface area contributed by atoms with Crippen LogP contribution in [0.4, 0.5) is 4.39 Å². The van der Waals surface area contributed by atoms with Crippen molar-refractivity contribution >= 4 is 0 Å². The van der Waals surface area contributed by atoms with Crippen LogP contribution in [0.25, 0.3) is 0 Å². The number of hydrogen-bond donors (Lipinski definition) is 2. The normalized spacial score (nSPS) is 29.1. The monoisotopic (exact) mass is 189 g/mol. The molecule has 0 radical (unpaired) electrons. The standard InChI is InChI=1S/C10H20FNO/c1-10(2)4-3-8(5-10)12-7-9(13)6-11/h8-9,12-13H,3-7H2,1-2H3. The molecule has 1 fully saturated rings. The molecule has 2 nitrogen and oxygen atoms in total. The van der Waals surface area contributed by atoms with Crippen molar-refractivity contribution in [1.82, 2.24) is 5.32 Å². The summed E-state index contributed by atoms with van der Waals surface area (Å²) in [4.78, 5) is 0. The molecule has 0 bridgehead atoms. The first kappa shape index (κ1) is 10.9. The van der Waals surface area contributed by atoms with Crippen LogP contribution in [-0.4, -0.2) is 30.5 Å². The molecule has 13 heavy (non-hydrogen) atoms. The lowest BCUT2D eigenvalue weighted by Crippen LogP contribution is -2.35. The Bertz CT molecular complexity index is 161. The summed E-state index contributed by atoms with van der Waals surface area (Å²) < 4.78 is 11.9. The Morgan fingerprint density at radius 2 is 2.31 bits per heavy atom. The summed E-state index contributed by atoms with van der Waals surface area (Å²) in [7, 11) is 0. The van der Waals surface area contributed by atoms with E-state index in [4.69, 9.17) is 5.11 Å². The summed E-state index contributed by atoms with van der Waals surface area (Å²) in [5.74, 6) is 0. The predicted molar refractivity (Wildman–Crippen MR) is 51.4 cm³/mol. The maximum atomic E-state index is 11.9. The Morgan fingerprint density at radius 3 is 2.77 bits per heavy atom. The molecule has 1 saturated carbocycles. The summed E-state index contributed by atoms with van der Waals surface area (Å²) in [6.07, 6.45) is 2.66. The van der Waals surface area contributed by atoms with Gasteiger partial charge in [0.25, 0.3) is 0 Å². The molecular formula is C10H20FNO. The van der Waals surface area contributed by atoms with E-state index in [9.17, 15) is 4.39 Å². The second-order valence-electron chi connectivity index (χ2n) is 4.82. The largest absolute Gasteiger partial charge is 0.389 e. The maximum absolute atomic E-state index is 11.9. The van der Waals surface area contributed by atoms with Gasteiger partial charge in [-0.05, 0) is 24.7 Å². The van der Waals surface area contributed by atoms with Gasteiger partial charge in [0.2, 0.25) is 0 Å². The van der Waals surface area contributed by atoms with Gasteiger partial charge < -0.3 is 10.4 Å². The Morgan fingerprint density at radius 1 is 1.62 bits per heavy atom. The molecule has 0 heterocycles. The van der Waals surface area contributed by atoms with Gasteiger partial charge in [0.05, 0.1) is 6.10 Å². The van der Waals surface area contributed by atoms with Crippen molar-refractivity contribution in [2.45, 2.75) is 45.3 Å². The molecule has 0 aromatic heterocycles. The van der Waals surface area contributed by atoms with E-state index in [1.54, 1.807) is 0 Å². The average molecular weight is 189 g/mol. The third-order valence-electron chi connectivity index (χ3n) is 2.79. The molecule has 0 aromatic carbocycles. The summed E-state index contributed by atoms with van der Waals surface area (Å²) in [6.45, 7) is 4.24. The van der Waals surface area contributed by atoms with E-state index < -0.39 is 12.8 Å². The molecular weight excluding hydrogens is 169 g/mol. The van der Waals surface area contributed by atoms with Crippen molar-refractivity contribution in [2.24, 2.45) is 5.41 Å². The molecule has 1 rings (SSSR count). The zero-order chi connectivity index (χ0) is 9.90. The van der Waals surface area contributed by atoms with E-state index >= 15 is 0 Å². The van der Waals surface area contributed by atoms with Gasteiger partial charge in [-0.1, -0.05) is 13.8 Å². The first-order chi connectivity index (χ1) is 6.03. The highest BCUT2D eigenvalue weighted by atomic mass is 19.1. The van der Waals surface area contributed by atoms with Crippen LogP contribution < -0.4 is 5.32 Å². The van der Waals surface area contributed by atoms with Crippen molar-refractivity contribution in [1.29, 1.82) is 0 Å². The Kier molecular flexibility index (Phi) is 3.68. The molecule has 2 atom stereocenters. The zero-order valence-electron chi connectivity index (χ0n) is 8.52. The molecule has 2 unspecified atom stereocenters. The first-order valence-corrected chi connectivity index (χ1v) is 5.01. The molecule has 0 aliphatic heterocycles. The minimum Gasteiger partial charge on any atom is -0.389 e. The summed E-state index contributed by atoms with van der Waals surface area (Å²) in [6, 6.07) is 0.469. The lowest BCUT2D eigenvalue weighted by Gasteiger charge is -2.18. The number of alkyl halides is 1. The molecule has 3 heteroatoms. The van der Waals surface area contributed by atoms with E-state index in [2.05, 4.69) is 19.2 Å². The maximum Gasteiger partial charge on any atom is 0.117 e. The summed E-state index contributed by atoms with van der Waals surface area (Å²) >= 11 is 0. The van der Waals surface area contributed by atoms with Crippen LogP contribution in [0.5, 0.6) is 0 Å². The Hall–Kier alpha value is -0.150. The van der Waals surface area contributed by atoms with Gasteiger partial charge in [0.1, 0.15) is 6.67 Å². The van der Waals surface area contributed by atoms with E-state index in [-0.39, 0.29) is 0 Å². The third kappa shape index (κ3) is 3.61. The lowest BCUT2D eigenvalue weighted by atomic mass is 9.92. The third-order valence-corrected chi connectivity index (χ3v) is 2.79. The molecule has 0 spiro atoms. The average Bonchev–Trinajstić information content (AvgIpc) is 2.41. The SMILES string of the molecule is CC1(C)CCC(NCC(O)CF)C1. The first-order valence-electron chi connectivity index (χ1n) is 5.01. The number of rotatable bonds is 4. The van der Waals surface area contributed by atoms with E-state index in [1.165, 1.54) is 6.42 Å². The highest BCUT2D eigenvalue weighted by Gasteiger charge is 2.30. The second-order valence-corrected chi connectivity index (χ2v) is 4.82. The minimum atomic E-state index is -0.830. The van der Waals surface area contributed by atoms with Gasteiger partial charge in [-0.25, -0.2) is 4.39 Å². The topological polar surface area (TPSA) is 32.3 Å². The molecule has 1 aliphatic carbocycles. The Balaban J connectivity index is 2.17. The lowest BCUT2D eigenvalue weighted by molar-refractivity contribution is 0.133. The minimum absolute atomic E-state index is 0.386. The van der Waals surface area contributed by atoms with Crippen LogP contribution in [-0.2, 0) is 0 Å². The fraction of sp³-hybridized carbons (Fsp3) is 1.00. The fourth-order valence-corrected chi connectivity index (χ4v) is 1.97. The van der Waals surface area contributed by atoms with Crippen LogP contribution in [0, 0.1) is 5.41 Å². The Labute approximate surface area is 79.5 Å². The van der Waals surface area contributed by atoms with E-state index in [0.717, 1.165) is 12.8 Å². The molecule has 0 saturated heterocycles. The highest BCUT2D eigenvalue weighted by molar-refractivity contribution is 4.86. The van der Waals surface area contributed by atoms with Crippen LogP contribution in [0.2, 0.25) is 0 Å². The number of nitrogens with one attached hydrogen (secondary N) is 1. The van der Waals surface area contributed by atoms with Gasteiger partial charge in [-0.15, -0.1) is 0 Å². The molecule has 0 amide bonds. The smallest absolute Gasteiger partial charge is 0.117 e. The predicted octanol–water partition coefficient (Wildman–Crippen LogP) is 1.49. The second kappa shape index (κ2) is 4.38. The van der Waals surface area contributed by atoms with Gasteiger partial charge in [0, 0.05) is 12.6 Å². The van der Waals surface area contributed by atoms with Crippen molar-refractivity contribution in [3.05, 3.63) is 0 Å². The van der Waals surface area contributed by atoms with Crippen LogP contribution in [0.3, 0.4) is 0 Å². The van der Waals surface area contributed by atoms with Crippen molar-refractivity contribution in [2.75, 3.05) is 13.2 Å². The van der Waals surface area contributed by atoms with Crippen molar-refractivity contribution < 1.29 is 9.50 Å². The molecule has 1 aliphatic rings. The van der Waals surface area contributed by atoms with E-state index in [1.807, 2.05) is 0 Å². The van der Waals surface area contributed by atoms with Crippen LogP contribution in [0.15, 0.2) is 0 Å². The molecule has 78 valence electrons. The zero-order valence-corrected chi connectivity index (χ0v) is 8.52. The van der Waals surface area contributed by atoms with Gasteiger partial charge in [-0.3, -0.25) is 0 Å².